The summed E-state index contributed by atoms with van der Waals surface area (Å²) in [7, 11) is 0. The van der Waals surface area contributed by atoms with Crippen molar-refractivity contribution in [3.63, 3.8) is 0 Å². The minimum Gasteiger partial charge on any atom is -0.351 e. The van der Waals surface area contributed by atoms with Crippen molar-refractivity contribution in [2.45, 2.75) is 25.3 Å². The molecule has 1 heterocycles. The molecule has 2 aliphatic rings. The number of rotatable bonds is 0. The van der Waals surface area contributed by atoms with Gasteiger partial charge in [0, 0.05) is 12.6 Å². The minimum absolute atomic E-state index is 0.229. The van der Waals surface area contributed by atoms with Gasteiger partial charge in [0.25, 0.3) is 0 Å². The third-order valence-electron chi connectivity index (χ3n) is 2.69. The van der Waals surface area contributed by atoms with Crippen LogP contribution >= 0.6 is 0 Å². The molecule has 0 aromatic heterocycles. The molecule has 0 spiro atoms. The molecule has 3 nitrogen and oxygen atoms in total. The maximum absolute atomic E-state index is 10.7. The summed E-state index contributed by atoms with van der Waals surface area (Å²) in [6.07, 6.45) is 3.67. The van der Waals surface area contributed by atoms with Gasteiger partial charge in [-0.1, -0.05) is 0 Å². The third kappa shape index (κ3) is 0.696. The van der Waals surface area contributed by atoms with Crippen LogP contribution in [-0.4, -0.2) is 23.5 Å². The van der Waals surface area contributed by atoms with E-state index in [2.05, 4.69) is 0 Å². The summed E-state index contributed by atoms with van der Waals surface area (Å²) in [5.74, 6) is 0.762. The van der Waals surface area contributed by atoms with Crippen LogP contribution in [0.4, 0.5) is 4.79 Å². The molecule has 0 aromatic carbocycles. The number of primary amides is 1. The summed E-state index contributed by atoms with van der Waals surface area (Å²) >= 11 is 0. The average molecular weight is 140 g/mol. The summed E-state index contributed by atoms with van der Waals surface area (Å²) in [4.78, 5) is 12.6. The van der Waals surface area contributed by atoms with Gasteiger partial charge in [-0.15, -0.1) is 0 Å². The maximum Gasteiger partial charge on any atom is 0.315 e. The fourth-order valence-corrected chi connectivity index (χ4v) is 2.19. The number of carbonyl (C=O) groups is 1. The molecular weight excluding hydrogens is 128 g/mol. The normalized spacial score (nSPS) is 37.0. The standard InChI is InChI=1S/C7H12N2O/c8-7(10)9-4-5-1-2-6(9)3-5/h5-6H,1-4H2,(H2,8,10). The fourth-order valence-electron chi connectivity index (χ4n) is 2.19. The van der Waals surface area contributed by atoms with E-state index in [0.717, 1.165) is 12.5 Å². The number of fused-ring (bicyclic) bond motifs is 2. The van der Waals surface area contributed by atoms with Gasteiger partial charge in [-0.3, -0.25) is 0 Å². The molecule has 0 aromatic rings. The first-order valence-corrected chi connectivity index (χ1v) is 3.83. The molecule has 0 radical (unpaired) electrons. The van der Waals surface area contributed by atoms with E-state index in [1.54, 1.807) is 0 Å². The van der Waals surface area contributed by atoms with Crippen molar-refractivity contribution < 1.29 is 4.79 Å². The number of nitrogens with zero attached hydrogens (tertiary/aromatic N) is 1. The van der Waals surface area contributed by atoms with E-state index >= 15 is 0 Å². The van der Waals surface area contributed by atoms with E-state index in [9.17, 15) is 4.79 Å². The highest BCUT2D eigenvalue weighted by atomic mass is 16.2. The van der Waals surface area contributed by atoms with E-state index in [4.69, 9.17) is 5.73 Å². The van der Waals surface area contributed by atoms with E-state index in [-0.39, 0.29) is 6.03 Å². The molecule has 2 bridgehead atoms. The average Bonchev–Trinajstić information content (AvgIpc) is 2.44. The molecule has 3 heteroatoms. The Kier molecular flexibility index (Phi) is 1.13. The van der Waals surface area contributed by atoms with Crippen molar-refractivity contribution in [2.24, 2.45) is 11.7 Å². The lowest BCUT2D eigenvalue weighted by Crippen LogP contribution is -2.41. The van der Waals surface area contributed by atoms with Crippen LogP contribution in [0.25, 0.3) is 0 Å². The lowest BCUT2D eigenvalue weighted by atomic mass is 10.1. The SMILES string of the molecule is NC(=O)N1CC2CCC1C2. The molecule has 1 aliphatic heterocycles. The van der Waals surface area contributed by atoms with Crippen LogP contribution in [0, 0.1) is 5.92 Å². The van der Waals surface area contributed by atoms with E-state index < -0.39 is 0 Å². The van der Waals surface area contributed by atoms with Gasteiger partial charge in [-0.05, 0) is 25.2 Å². The Bertz CT molecular complexity index is 169. The number of likely N-dealkylation sites (tertiary alicyclic amines) is 1. The Labute approximate surface area is 60.2 Å². The zero-order chi connectivity index (χ0) is 7.14. The van der Waals surface area contributed by atoms with Crippen molar-refractivity contribution in [1.82, 2.24) is 4.90 Å². The van der Waals surface area contributed by atoms with Crippen molar-refractivity contribution in [1.29, 1.82) is 0 Å². The lowest BCUT2D eigenvalue weighted by Gasteiger charge is -2.24. The number of hydrogen-bond donors (Lipinski definition) is 1. The quantitative estimate of drug-likeness (QED) is 0.524. The van der Waals surface area contributed by atoms with Gasteiger partial charge >= 0.3 is 6.03 Å². The highest BCUT2D eigenvalue weighted by Crippen LogP contribution is 2.36. The molecular formula is C7H12N2O. The van der Waals surface area contributed by atoms with E-state index in [1.165, 1.54) is 19.3 Å². The molecule has 1 saturated heterocycles. The summed E-state index contributed by atoms with van der Waals surface area (Å²) in [5, 5.41) is 0. The predicted molar refractivity (Wildman–Crippen MR) is 37.4 cm³/mol. The maximum atomic E-state index is 10.7. The first-order valence-electron chi connectivity index (χ1n) is 3.83. The molecule has 2 rings (SSSR count). The largest absolute Gasteiger partial charge is 0.351 e. The van der Waals surface area contributed by atoms with Gasteiger partial charge in [0.05, 0.1) is 0 Å². The first-order chi connectivity index (χ1) is 4.77. The summed E-state index contributed by atoms with van der Waals surface area (Å²) < 4.78 is 0. The number of amides is 2. The van der Waals surface area contributed by atoms with Crippen LogP contribution in [0.5, 0.6) is 0 Å². The summed E-state index contributed by atoms with van der Waals surface area (Å²) in [6.45, 7) is 0.917. The molecule has 2 unspecified atom stereocenters. The molecule has 2 N–H and O–H groups in total. The van der Waals surface area contributed by atoms with Crippen molar-refractivity contribution in [3.8, 4) is 0 Å². The number of hydrogen-bond acceptors (Lipinski definition) is 1. The number of carbonyl (C=O) groups excluding carboxylic acids is 1. The van der Waals surface area contributed by atoms with Crippen LogP contribution in [0.3, 0.4) is 0 Å². The molecule has 2 atom stereocenters. The van der Waals surface area contributed by atoms with Crippen LogP contribution in [0.1, 0.15) is 19.3 Å². The Balaban J connectivity index is 2.08. The lowest BCUT2D eigenvalue weighted by molar-refractivity contribution is 0.190. The number of nitrogens with two attached hydrogens (primary N) is 1. The second kappa shape index (κ2) is 1.87. The van der Waals surface area contributed by atoms with E-state index in [1.807, 2.05) is 4.90 Å². The fraction of sp³-hybridized carbons (Fsp3) is 0.857. The topological polar surface area (TPSA) is 46.3 Å². The smallest absolute Gasteiger partial charge is 0.315 e. The highest BCUT2D eigenvalue weighted by molar-refractivity contribution is 5.72. The Morgan fingerprint density at radius 1 is 1.50 bits per heavy atom. The van der Waals surface area contributed by atoms with Crippen LogP contribution < -0.4 is 5.73 Å². The monoisotopic (exact) mass is 140 g/mol. The number of urea groups is 1. The number of piperidine rings is 1. The molecule has 56 valence electrons. The summed E-state index contributed by atoms with van der Waals surface area (Å²) in [6, 6.07) is 0.259. The first kappa shape index (κ1) is 6.01. The van der Waals surface area contributed by atoms with Crippen molar-refractivity contribution in [3.05, 3.63) is 0 Å². The predicted octanol–water partition coefficient (Wildman–Crippen LogP) is 0.549. The van der Waals surface area contributed by atoms with Crippen LogP contribution in [0.15, 0.2) is 0 Å². The highest BCUT2D eigenvalue weighted by Gasteiger charge is 2.39. The van der Waals surface area contributed by atoms with Gasteiger partial charge in [-0.25, -0.2) is 4.79 Å². The van der Waals surface area contributed by atoms with Gasteiger partial charge < -0.3 is 10.6 Å². The van der Waals surface area contributed by atoms with Crippen molar-refractivity contribution in [2.75, 3.05) is 6.54 Å². The molecule has 1 aliphatic carbocycles. The van der Waals surface area contributed by atoms with Crippen LogP contribution in [0.2, 0.25) is 0 Å². The summed E-state index contributed by atoms with van der Waals surface area (Å²) in [5.41, 5.74) is 5.17. The Hall–Kier alpha value is -0.730. The zero-order valence-corrected chi connectivity index (χ0v) is 5.92. The second-order valence-electron chi connectivity index (χ2n) is 3.32. The zero-order valence-electron chi connectivity index (χ0n) is 5.92. The molecule has 10 heavy (non-hydrogen) atoms. The molecule has 2 fully saturated rings. The van der Waals surface area contributed by atoms with Gasteiger partial charge in [-0.2, -0.15) is 0 Å². The second-order valence-corrected chi connectivity index (χ2v) is 3.32. The van der Waals surface area contributed by atoms with Crippen molar-refractivity contribution >= 4 is 6.03 Å². The van der Waals surface area contributed by atoms with Gasteiger partial charge in [0.2, 0.25) is 0 Å². The Morgan fingerprint density at radius 3 is 2.60 bits per heavy atom. The van der Waals surface area contributed by atoms with Gasteiger partial charge in [0.15, 0.2) is 0 Å². The molecule has 2 amide bonds. The van der Waals surface area contributed by atoms with Gasteiger partial charge in [0.1, 0.15) is 0 Å². The minimum atomic E-state index is -0.229. The van der Waals surface area contributed by atoms with Crippen LogP contribution in [-0.2, 0) is 0 Å². The third-order valence-corrected chi connectivity index (χ3v) is 2.69. The van der Waals surface area contributed by atoms with E-state index in [0.29, 0.717) is 6.04 Å². The molecule has 1 saturated carbocycles. The Morgan fingerprint density at radius 2 is 2.30 bits per heavy atom.